The minimum atomic E-state index is -1.90. The smallest absolute Gasteiger partial charge is 0.344 e. The topological polar surface area (TPSA) is 209 Å². The number of rotatable bonds is 5. The van der Waals surface area contributed by atoms with E-state index in [0.29, 0.717) is 11.1 Å². The fourth-order valence-corrected chi connectivity index (χ4v) is 5.28. The molecule has 1 aromatic carbocycles. The van der Waals surface area contributed by atoms with Crippen molar-refractivity contribution in [2.24, 2.45) is 5.92 Å². The molecule has 0 radical (unpaired) electrons. The molecule has 0 saturated heterocycles. The van der Waals surface area contributed by atoms with Crippen molar-refractivity contribution in [3.63, 3.8) is 0 Å². The molecule has 0 amide bonds. The monoisotopic (exact) mass is 552 g/mol. The van der Waals surface area contributed by atoms with Gasteiger partial charge in [-0.3, -0.25) is 9.59 Å². The number of hydrogen-bond acceptors (Lipinski definition) is 10. The van der Waals surface area contributed by atoms with Crippen molar-refractivity contribution in [2.45, 2.75) is 56.6 Å². The van der Waals surface area contributed by atoms with Crippen LogP contribution in [-0.4, -0.2) is 66.3 Å². The van der Waals surface area contributed by atoms with E-state index in [4.69, 9.17) is 10.5 Å². The minimum absolute atomic E-state index is 0.0112. The number of aromatic nitrogens is 2. The number of carboxylic acids is 1. The number of esters is 1. The number of nitriles is 1. The minimum Gasteiger partial charge on any atom is -0.481 e. The maximum absolute atomic E-state index is 15.5. The van der Waals surface area contributed by atoms with Crippen LogP contribution in [0.1, 0.15) is 46.8 Å². The molecule has 2 heterocycles. The van der Waals surface area contributed by atoms with Gasteiger partial charge in [-0.1, -0.05) is 0 Å². The normalized spacial score (nSPS) is 24.4. The zero-order valence-corrected chi connectivity index (χ0v) is 21.1. The molecular weight excluding hydrogens is 527 g/mol. The Morgan fingerprint density at radius 2 is 1.90 bits per heavy atom. The average Bonchev–Trinajstić information content (AvgIpc) is 3.75. The van der Waals surface area contributed by atoms with E-state index in [-0.39, 0.29) is 33.9 Å². The van der Waals surface area contributed by atoms with Crippen LogP contribution >= 0.6 is 0 Å². The highest BCUT2D eigenvalue weighted by molar-refractivity contribution is 5.96. The van der Waals surface area contributed by atoms with Crippen LogP contribution in [0.3, 0.4) is 0 Å². The van der Waals surface area contributed by atoms with Gasteiger partial charge in [0.05, 0.1) is 23.1 Å². The fraction of sp³-hybridized carbons (Fsp3) is 0.370. The Balaban J connectivity index is 1.60. The molecule has 40 heavy (non-hydrogen) atoms. The van der Waals surface area contributed by atoms with E-state index in [1.54, 1.807) is 11.5 Å². The fourth-order valence-electron chi connectivity index (χ4n) is 5.28. The SMILES string of the molecule is Cc1c(-c2cnc(N)c(C#N)c2)c(F)cc2c(=O)c(C(=O)OC3CC(C(=O)O)[C@@H](O)C(O)[C@H]3O)cn(C3CC3)c12. The summed E-state index contributed by atoms with van der Waals surface area (Å²) in [5.74, 6) is -4.98. The number of nitrogens with zero attached hydrogens (tertiary/aromatic N) is 3. The van der Waals surface area contributed by atoms with Crippen LogP contribution in [0.2, 0.25) is 0 Å². The van der Waals surface area contributed by atoms with E-state index in [1.165, 1.54) is 18.5 Å². The molecule has 5 atom stereocenters. The molecule has 13 heteroatoms. The maximum Gasteiger partial charge on any atom is 0.344 e. The molecule has 6 N–H and O–H groups in total. The zero-order valence-electron chi connectivity index (χ0n) is 21.1. The molecule has 0 spiro atoms. The summed E-state index contributed by atoms with van der Waals surface area (Å²) in [5, 5.41) is 48.9. The summed E-state index contributed by atoms with van der Waals surface area (Å²) in [6, 6.07) is 4.20. The van der Waals surface area contributed by atoms with E-state index in [0.717, 1.165) is 18.9 Å². The standard InChI is InChI=1S/C27H25FN4O8/c1-10-19(12-4-11(7-29)25(30)31-8-12)17(28)5-14-20(10)32(13-2-3-13)9-16(21(14)33)27(39)40-18-6-15(26(37)38)22(34)24(36)23(18)35/h4-5,8-9,13,15,18,22-24,34-36H,2-3,6H2,1H3,(H2,30,31)(H,37,38)/t15?,18?,22-,23+,24?/m1/s1. The summed E-state index contributed by atoms with van der Waals surface area (Å²) >= 11 is 0. The molecule has 2 saturated carbocycles. The van der Waals surface area contributed by atoms with E-state index in [2.05, 4.69) is 4.98 Å². The highest BCUT2D eigenvalue weighted by Crippen LogP contribution is 2.40. The van der Waals surface area contributed by atoms with E-state index < -0.39 is 65.5 Å². The molecule has 2 aliphatic carbocycles. The number of halogens is 1. The van der Waals surface area contributed by atoms with Crippen LogP contribution in [0.15, 0.2) is 29.3 Å². The molecule has 5 rings (SSSR count). The predicted molar refractivity (Wildman–Crippen MR) is 136 cm³/mol. The number of carbonyl (C=O) groups excluding carboxylic acids is 1. The largest absolute Gasteiger partial charge is 0.481 e. The lowest BCUT2D eigenvalue weighted by atomic mass is 9.81. The third kappa shape index (κ3) is 4.45. The van der Waals surface area contributed by atoms with E-state index in [9.17, 15) is 40.1 Å². The lowest BCUT2D eigenvalue weighted by Crippen LogP contribution is -2.56. The molecule has 3 unspecified atom stereocenters. The summed E-state index contributed by atoms with van der Waals surface area (Å²) in [6.45, 7) is 1.61. The molecule has 2 fully saturated rings. The maximum atomic E-state index is 15.5. The van der Waals surface area contributed by atoms with Crippen LogP contribution in [0, 0.1) is 30.0 Å². The molecule has 3 aromatic rings. The average molecular weight is 553 g/mol. The number of aliphatic hydroxyl groups excluding tert-OH is 3. The highest BCUT2D eigenvalue weighted by Gasteiger charge is 2.47. The van der Waals surface area contributed by atoms with Crippen molar-refractivity contribution in [3.05, 3.63) is 57.3 Å². The Kier molecular flexibility index (Phi) is 6.79. The van der Waals surface area contributed by atoms with Crippen molar-refractivity contribution in [3.8, 4) is 17.2 Å². The lowest BCUT2D eigenvalue weighted by molar-refractivity contribution is -0.178. The first-order valence-electron chi connectivity index (χ1n) is 12.5. The number of hydrogen-bond donors (Lipinski definition) is 5. The summed E-state index contributed by atoms with van der Waals surface area (Å²) in [7, 11) is 0. The number of aliphatic hydroxyl groups is 3. The van der Waals surface area contributed by atoms with Gasteiger partial charge in [0, 0.05) is 41.4 Å². The number of aryl methyl sites for hydroxylation is 1. The zero-order chi connectivity index (χ0) is 29.0. The summed E-state index contributed by atoms with van der Waals surface area (Å²) < 4.78 is 22.5. The summed E-state index contributed by atoms with van der Waals surface area (Å²) in [6.07, 6.45) is -3.43. The third-order valence-corrected chi connectivity index (χ3v) is 7.55. The number of nitrogen functional groups attached to an aromatic ring is 1. The van der Waals surface area contributed by atoms with Gasteiger partial charge < -0.3 is 35.5 Å². The van der Waals surface area contributed by atoms with Crippen LogP contribution in [-0.2, 0) is 9.53 Å². The van der Waals surface area contributed by atoms with Gasteiger partial charge in [-0.15, -0.1) is 0 Å². The molecule has 12 nitrogen and oxygen atoms in total. The molecular formula is C27H25FN4O8. The Labute approximate surface area is 225 Å². The van der Waals surface area contributed by atoms with Gasteiger partial charge in [0.15, 0.2) is 0 Å². The summed E-state index contributed by atoms with van der Waals surface area (Å²) in [4.78, 5) is 42.1. The van der Waals surface area contributed by atoms with Crippen LogP contribution in [0.5, 0.6) is 0 Å². The second kappa shape index (κ2) is 9.98. The Morgan fingerprint density at radius 3 is 2.52 bits per heavy atom. The highest BCUT2D eigenvalue weighted by atomic mass is 19.1. The number of carbonyl (C=O) groups is 2. The Bertz CT molecular complexity index is 1660. The second-order valence-electron chi connectivity index (χ2n) is 10.1. The first kappa shape index (κ1) is 27.2. The number of aliphatic carboxylic acids is 1. The van der Waals surface area contributed by atoms with Gasteiger partial charge in [0.25, 0.3) is 0 Å². The van der Waals surface area contributed by atoms with Gasteiger partial charge in [0.2, 0.25) is 5.43 Å². The first-order valence-corrected chi connectivity index (χ1v) is 12.5. The van der Waals surface area contributed by atoms with Crippen LogP contribution in [0.4, 0.5) is 10.2 Å². The van der Waals surface area contributed by atoms with Gasteiger partial charge in [-0.2, -0.15) is 5.26 Å². The number of anilines is 1. The number of benzene rings is 1. The number of nitrogens with two attached hydrogens (primary N) is 1. The summed E-state index contributed by atoms with van der Waals surface area (Å²) in [5.41, 5.74) is 5.58. The number of pyridine rings is 2. The van der Waals surface area contributed by atoms with Gasteiger partial charge >= 0.3 is 11.9 Å². The number of ether oxygens (including phenoxy) is 1. The Hall–Kier alpha value is -4.38. The van der Waals surface area contributed by atoms with Crippen molar-refractivity contribution in [1.82, 2.24) is 9.55 Å². The van der Waals surface area contributed by atoms with Crippen LogP contribution in [0.25, 0.3) is 22.0 Å². The van der Waals surface area contributed by atoms with E-state index in [1.807, 2.05) is 6.07 Å². The van der Waals surface area contributed by atoms with Crippen molar-refractivity contribution in [1.29, 1.82) is 5.26 Å². The molecule has 0 aliphatic heterocycles. The first-order chi connectivity index (χ1) is 18.9. The molecule has 0 bridgehead atoms. The van der Waals surface area contributed by atoms with Gasteiger partial charge in [-0.05, 0) is 37.5 Å². The Morgan fingerprint density at radius 1 is 1.20 bits per heavy atom. The van der Waals surface area contributed by atoms with E-state index >= 15 is 4.39 Å². The lowest BCUT2D eigenvalue weighted by Gasteiger charge is -2.38. The number of carboxylic acid groups (broad SMARTS) is 1. The van der Waals surface area contributed by atoms with Crippen molar-refractivity contribution >= 4 is 28.7 Å². The van der Waals surface area contributed by atoms with Crippen molar-refractivity contribution < 1.29 is 39.1 Å². The van der Waals surface area contributed by atoms with Crippen LogP contribution < -0.4 is 11.2 Å². The quantitative estimate of drug-likeness (QED) is 0.282. The molecule has 2 aromatic heterocycles. The third-order valence-electron chi connectivity index (χ3n) is 7.55. The van der Waals surface area contributed by atoms with Crippen molar-refractivity contribution in [2.75, 3.05) is 5.73 Å². The van der Waals surface area contributed by atoms with Gasteiger partial charge in [-0.25, -0.2) is 14.2 Å². The second-order valence-corrected chi connectivity index (χ2v) is 10.1. The molecule has 208 valence electrons. The van der Waals surface area contributed by atoms with Gasteiger partial charge in [0.1, 0.15) is 41.6 Å². The predicted octanol–water partition coefficient (Wildman–Crippen LogP) is 1.01. The molecule has 2 aliphatic rings. The number of fused-ring (bicyclic) bond motifs is 1.